The first kappa shape index (κ1) is 7.28. The van der Waals surface area contributed by atoms with Crippen LogP contribution in [0.15, 0.2) is 12.4 Å². The molecule has 0 aliphatic carbocycles. The van der Waals surface area contributed by atoms with Gasteiger partial charge >= 0.3 is 0 Å². The summed E-state index contributed by atoms with van der Waals surface area (Å²) < 4.78 is 1.78. The zero-order chi connectivity index (χ0) is 7.61. The first-order chi connectivity index (χ1) is 4.58. The minimum atomic E-state index is -0.195. The molecule has 0 aliphatic rings. The van der Waals surface area contributed by atoms with E-state index in [9.17, 15) is 0 Å². The normalized spacial score (nSPS) is 11.9. The second-order valence-corrected chi connectivity index (χ2v) is 3.13. The molecule has 1 radical (unpaired) electrons. The monoisotopic (exact) mass is 138 g/mol. The maximum absolute atomic E-state index is 5.75. The molecule has 55 valence electrons. The summed E-state index contributed by atoms with van der Waals surface area (Å²) >= 11 is 0. The van der Waals surface area contributed by atoms with Crippen molar-refractivity contribution in [3.05, 3.63) is 18.5 Å². The summed E-state index contributed by atoms with van der Waals surface area (Å²) in [4.78, 5) is 0. The number of rotatable bonds is 2. The molecular weight excluding hydrogens is 126 g/mol. The Morgan fingerprint density at radius 1 is 1.70 bits per heavy atom. The van der Waals surface area contributed by atoms with E-state index in [0.717, 1.165) is 6.54 Å². The molecule has 1 rings (SSSR count). The van der Waals surface area contributed by atoms with Gasteiger partial charge in [0.1, 0.15) is 0 Å². The molecule has 0 saturated heterocycles. The standard InChI is InChI=1S/C7H12N3/c1-7(2,8)6-10-5-3-4-9-10/h4-5H,6,8H2,1-2H3. The second-order valence-electron chi connectivity index (χ2n) is 3.13. The molecule has 3 heteroatoms. The topological polar surface area (TPSA) is 43.8 Å². The Bertz CT molecular complexity index is 183. The fourth-order valence-corrected chi connectivity index (χ4v) is 0.764. The molecule has 1 aromatic heterocycles. The smallest absolute Gasteiger partial charge is 0.0584 e. The van der Waals surface area contributed by atoms with Gasteiger partial charge in [-0.1, -0.05) is 0 Å². The summed E-state index contributed by atoms with van der Waals surface area (Å²) in [5.41, 5.74) is 5.56. The predicted molar refractivity (Wildman–Crippen MR) is 39.3 cm³/mol. The lowest BCUT2D eigenvalue weighted by atomic mass is 10.1. The van der Waals surface area contributed by atoms with Crippen LogP contribution in [0.4, 0.5) is 0 Å². The van der Waals surface area contributed by atoms with Gasteiger partial charge in [-0.25, -0.2) is 0 Å². The molecule has 0 atom stereocenters. The minimum absolute atomic E-state index is 0.195. The van der Waals surface area contributed by atoms with Crippen LogP contribution in [0.2, 0.25) is 0 Å². The van der Waals surface area contributed by atoms with Crippen molar-refractivity contribution in [2.24, 2.45) is 5.73 Å². The highest BCUT2D eigenvalue weighted by molar-refractivity contribution is 4.79. The predicted octanol–water partition coefficient (Wildman–Crippen LogP) is 0.421. The van der Waals surface area contributed by atoms with E-state index in [-0.39, 0.29) is 5.54 Å². The van der Waals surface area contributed by atoms with E-state index in [1.165, 1.54) is 0 Å². The van der Waals surface area contributed by atoms with E-state index in [0.29, 0.717) is 0 Å². The van der Waals surface area contributed by atoms with Gasteiger partial charge in [-0.2, -0.15) is 5.10 Å². The third-order valence-corrected chi connectivity index (χ3v) is 1.07. The van der Waals surface area contributed by atoms with Crippen LogP contribution in [0.3, 0.4) is 0 Å². The molecule has 1 aromatic rings. The molecule has 0 fully saturated rings. The first-order valence-electron chi connectivity index (χ1n) is 3.25. The van der Waals surface area contributed by atoms with Crippen molar-refractivity contribution in [2.75, 3.05) is 0 Å². The Morgan fingerprint density at radius 2 is 2.40 bits per heavy atom. The van der Waals surface area contributed by atoms with E-state index < -0.39 is 0 Å². The van der Waals surface area contributed by atoms with Gasteiger partial charge in [-0.05, 0) is 13.8 Å². The lowest BCUT2D eigenvalue weighted by Crippen LogP contribution is -2.37. The Balaban J connectivity index is 2.57. The molecule has 2 N–H and O–H groups in total. The molecule has 0 aliphatic heterocycles. The summed E-state index contributed by atoms with van der Waals surface area (Å²) in [7, 11) is 0. The fraction of sp³-hybridized carbons (Fsp3) is 0.571. The van der Waals surface area contributed by atoms with Gasteiger partial charge in [-0.15, -0.1) is 0 Å². The van der Waals surface area contributed by atoms with Gasteiger partial charge in [0.15, 0.2) is 0 Å². The maximum atomic E-state index is 5.75. The molecule has 0 unspecified atom stereocenters. The van der Waals surface area contributed by atoms with Crippen LogP contribution in [0.25, 0.3) is 0 Å². The molecule has 1 heterocycles. The van der Waals surface area contributed by atoms with E-state index in [2.05, 4.69) is 11.2 Å². The van der Waals surface area contributed by atoms with Crippen molar-refractivity contribution in [3.63, 3.8) is 0 Å². The molecule has 0 amide bonds. The van der Waals surface area contributed by atoms with Gasteiger partial charge in [0.2, 0.25) is 0 Å². The molecule has 3 nitrogen and oxygen atoms in total. The zero-order valence-electron chi connectivity index (χ0n) is 6.33. The van der Waals surface area contributed by atoms with Crippen molar-refractivity contribution in [2.45, 2.75) is 25.9 Å². The van der Waals surface area contributed by atoms with Crippen LogP contribution in [0.5, 0.6) is 0 Å². The lowest BCUT2D eigenvalue weighted by molar-refractivity contribution is 0.408. The number of nitrogens with zero attached hydrogens (tertiary/aromatic N) is 2. The Kier molecular flexibility index (Phi) is 1.76. The van der Waals surface area contributed by atoms with Crippen LogP contribution in [-0.2, 0) is 6.54 Å². The summed E-state index contributed by atoms with van der Waals surface area (Å²) in [5, 5.41) is 3.98. The second kappa shape index (κ2) is 2.42. The largest absolute Gasteiger partial charge is 0.324 e. The van der Waals surface area contributed by atoms with Crippen LogP contribution in [-0.4, -0.2) is 15.3 Å². The van der Waals surface area contributed by atoms with E-state index >= 15 is 0 Å². The number of aromatic nitrogens is 2. The molecule has 0 spiro atoms. The molecule has 0 bridgehead atoms. The summed E-state index contributed by atoms with van der Waals surface area (Å²) in [6.07, 6.45) is 3.42. The zero-order valence-corrected chi connectivity index (χ0v) is 6.33. The van der Waals surface area contributed by atoms with Crippen LogP contribution < -0.4 is 5.73 Å². The average Bonchev–Trinajstić information content (AvgIpc) is 2.12. The number of hydrogen-bond acceptors (Lipinski definition) is 2. The third-order valence-electron chi connectivity index (χ3n) is 1.07. The lowest BCUT2D eigenvalue weighted by Gasteiger charge is -2.17. The van der Waals surface area contributed by atoms with Gasteiger partial charge in [0.05, 0.1) is 12.7 Å². The minimum Gasteiger partial charge on any atom is -0.324 e. The van der Waals surface area contributed by atoms with Crippen LogP contribution in [0, 0.1) is 6.07 Å². The number of hydrogen-bond donors (Lipinski definition) is 1. The molecule has 10 heavy (non-hydrogen) atoms. The molecule has 0 aromatic carbocycles. The van der Waals surface area contributed by atoms with Crippen molar-refractivity contribution < 1.29 is 0 Å². The summed E-state index contributed by atoms with van der Waals surface area (Å²) in [6.45, 7) is 4.67. The molecular formula is C7H12N3. The van der Waals surface area contributed by atoms with E-state index in [4.69, 9.17) is 5.73 Å². The Morgan fingerprint density at radius 3 is 2.80 bits per heavy atom. The average molecular weight is 138 g/mol. The van der Waals surface area contributed by atoms with Crippen molar-refractivity contribution in [3.8, 4) is 0 Å². The van der Waals surface area contributed by atoms with Gasteiger partial charge in [0.25, 0.3) is 0 Å². The van der Waals surface area contributed by atoms with E-state index in [1.54, 1.807) is 17.1 Å². The van der Waals surface area contributed by atoms with Crippen molar-refractivity contribution in [1.29, 1.82) is 0 Å². The quantitative estimate of drug-likeness (QED) is 0.643. The summed E-state index contributed by atoms with van der Waals surface area (Å²) in [6, 6.07) is 2.85. The summed E-state index contributed by atoms with van der Waals surface area (Å²) in [5.74, 6) is 0. The first-order valence-corrected chi connectivity index (χ1v) is 3.25. The highest BCUT2D eigenvalue weighted by Gasteiger charge is 2.10. The fourth-order valence-electron chi connectivity index (χ4n) is 0.764. The Labute approximate surface area is 60.8 Å². The van der Waals surface area contributed by atoms with E-state index in [1.807, 2.05) is 13.8 Å². The Hall–Kier alpha value is -0.830. The van der Waals surface area contributed by atoms with Gasteiger partial charge in [0, 0.05) is 17.8 Å². The molecule has 0 saturated carbocycles. The van der Waals surface area contributed by atoms with Crippen molar-refractivity contribution >= 4 is 0 Å². The van der Waals surface area contributed by atoms with Gasteiger partial charge < -0.3 is 5.73 Å². The maximum Gasteiger partial charge on any atom is 0.0584 e. The highest BCUT2D eigenvalue weighted by Crippen LogP contribution is 1.99. The van der Waals surface area contributed by atoms with Crippen LogP contribution in [0.1, 0.15) is 13.8 Å². The highest BCUT2D eigenvalue weighted by atomic mass is 15.3. The number of nitrogens with two attached hydrogens (primary N) is 1. The SMILES string of the molecule is CC(C)(N)Cn1c[c]cn1. The van der Waals surface area contributed by atoms with Crippen LogP contribution >= 0.6 is 0 Å². The van der Waals surface area contributed by atoms with Crippen molar-refractivity contribution in [1.82, 2.24) is 9.78 Å². The third kappa shape index (κ3) is 2.19. The van der Waals surface area contributed by atoms with Gasteiger partial charge in [-0.3, -0.25) is 4.68 Å².